The second kappa shape index (κ2) is 4.88. The Morgan fingerprint density at radius 3 is 2.61 bits per heavy atom. The molecular weight excluding hydrogens is 231 g/mol. The summed E-state index contributed by atoms with van der Waals surface area (Å²) in [7, 11) is 1.86. The molecular formula is C13H17FN4. The van der Waals surface area contributed by atoms with Crippen molar-refractivity contribution in [1.29, 1.82) is 0 Å². The summed E-state index contributed by atoms with van der Waals surface area (Å²) in [6.45, 7) is 3.75. The van der Waals surface area contributed by atoms with Gasteiger partial charge in [0, 0.05) is 12.6 Å². The predicted octanol–water partition coefficient (Wildman–Crippen LogP) is 1.73. The molecule has 0 amide bonds. The van der Waals surface area contributed by atoms with Gasteiger partial charge in [-0.25, -0.2) is 14.8 Å². The second-order valence-corrected chi connectivity index (χ2v) is 4.51. The Bertz CT molecular complexity index is 539. The van der Waals surface area contributed by atoms with Gasteiger partial charge in [-0.1, -0.05) is 6.07 Å². The van der Waals surface area contributed by atoms with Gasteiger partial charge >= 0.3 is 0 Å². The molecule has 0 bridgehead atoms. The van der Waals surface area contributed by atoms with E-state index in [4.69, 9.17) is 5.84 Å². The molecule has 4 nitrogen and oxygen atoms in total. The molecule has 1 atom stereocenters. The number of nitrogens with two attached hydrogens (primary N) is 1. The lowest BCUT2D eigenvalue weighted by atomic mass is 9.97. The van der Waals surface area contributed by atoms with E-state index in [0.717, 1.165) is 16.8 Å². The van der Waals surface area contributed by atoms with E-state index in [0.29, 0.717) is 5.56 Å². The van der Waals surface area contributed by atoms with Crippen LogP contribution in [0.2, 0.25) is 0 Å². The summed E-state index contributed by atoms with van der Waals surface area (Å²) in [5.74, 6) is 5.33. The summed E-state index contributed by atoms with van der Waals surface area (Å²) in [5.41, 5.74) is 5.82. The molecule has 18 heavy (non-hydrogen) atoms. The number of nitrogens with zero attached hydrogens (tertiary/aromatic N) is 2. The van der Waals surface area contributed by atoms with Crippen LogP contribution < -0.4 is 11.3 Å². The molecule has 0 aliphatic carbocycles. The van der Waals surface area contributed by atoms with Gasteiger partial charge < -0.3 is 4.57 Å². The van der Waals surface area contributed by atoms with E-state index in [-0.39, 0.29) is 5.82 Å². The highest BCUT2D eigenvalue weighted by molar-refractivity contribution is 5.38. The zero-order valence-corrected chi connectivity index (χ0v) is 10.7. The highest BCUT2D eigenvalue weighted by atomic mass is 19.1. The molecule has 1 aromatic heterocycles. The number of aromatic nitrogens is 2. The van der Waals surface area contributed by atoms with Gasteiger partial charge in [-0.15, -0.1) is 0 Å². The number of benzene rings is 1. The summed E-state index contributed by atoms with van der Waals surface area (Å²) in [6.07, 6.45) is 3.35. The van der Waals surface area contributed by atoms with E-state index in [1.807, 2.05) is 31.5 Å². The molecule has 2 aromatic rings. The Balaban J connectivity index is 2.56. The highest BCUT2D eigenvalue weighted by Gasteiger charge is 2.21. The maximum Gasteiger partial charge on any atom is 0.128 e. The van der Waals surface area contributed by atoms with E-state index in [9.17, 15) is 4.39 Å². The van der Waals surface area contributed by atoms with Crippen molar-refractivity contribution in [2.75, 3.05) is 0 Å². The first-order valence-corrected chi connectivity index (χ1v) is 5.73. The van der Waals surface area contributed by atoms with Crippen molar-refractivity contribution in [1.82, 2.24) is 15.0 Å². The summed E-state index contributed by atoms with van der Waals surface area (Å²) in [5, 5.41) is 0. The Morgan fingerprint density at radius 2 is 2.11 bits per heavy atom. The second-order valence-electron chi connectivity index (χ2n) is 4.51. The van der Waals surface area contributed by atoms with Gasteiger partial charge in [-0.05, 0) is 31.0 Å². The largest absolute Gasteiger partial charge is 0.336 e. The minimum absolute atomic E-state index is 0.253. The van der Waals surface area contributed by atoms with E-state index in [2.05, 4.69) is 10.4 Å². The maximum atomic E-state index is 14.1. The van der Waals surface area contributed by atoms with Crippen molar-refractivity contribution in [2.45, 2.75) is 19.9 Å². The predicted molar refractivity (Wildman–Crippen MR) is 68.2 cm³/mol. The molecule has 5 heteroatoms. The maximum absolute atomic E-state index is 14.1. The van der Waals surface area contributed by atoms with Crippen molar-refractivity contribution in [3.63, 3.8) is 0 Å². The number of halogens is 1. The smallest absolute Gasteiger partial charge is 0.128 e. The van der Waals surface area contributed by atoms with Crippen LogP contribution in [-0.4, -0.2) is 9.55 Å². The Hall–Kier alpha value is -1.72. The third kappa shape index (κ3) is 2.14. The van der Waals surface area contributed by atoms with Gasteiger partial charge in [0.15, 0.2) is 0 Å². The highest BCUT2D eigenvalue weighted by Crippen LogP contribution is 2.27. The van der Waals surface area contributed by atoms with Crippen molar-refractivity contribution in [3.8, 4) is 0 Å². The number of aryl methyl sites for hydroxylation is 3. The Morgan fingerprint density at radius 1 is 1.39 bits per heavy atom. The van der Waals surface area contributed by atoms with Crippen LogP contribution in [0, 0.1) is 19.7 Å². The average molecular weight is 248 g/mol. The molecule has 0 saturated heterocycles. The topological polar surface area (TPSA) is 55.9 Å². The molecule has 0 aliphatic heterocycles. The quantitative estimate of drug-likeness (QED) is 0.642. The minimum atomic E-state index is -0.405. The molecule has 0 saturated carbocycles. The number of nitrogens with one attached hydrogen (secondary N) is 1. The van der Waals surface area contributed by atoms with Crippen LogP contribution in [0.15, 0.2) is 24.7 Å². The number of hydrogen-bond donors (Lipinski definition) is 2. The molecule has 0 aliphatic rings. The Kier molecular flexibility index (Phi) is 3.45. The van der Waals surface area contributed by atoms with Crippen molar-refractivity contribution in [2.24, 2.45) is 12.9 Å². The number of rotatable bonds is 3. The van der Waals surface area contributed by atoms with Gasteiger partial charge in [-0.3, -0.25) is 5.84 Å². The normalized spacial score (nSPS) is 12.7. The fourth-order valence-corrected chi connectivity index (χ4v) is 2.25. The van der Waals surface area contributed by atoms with Gasteiger partial charge in [0.1, 0.15) is 5.82 Å². The van der Waals surface area contributed by atoms with E-state index in [1.54, 1.807) is 12.5 Å². The van der Waals surface area contributed by atoms with E-state index in [1.165, 1.54) is 6.07 Å². The summed E-state index contributed by atoms with van der Waals surface area (Å²) in [4.78, 5) is 4.04. The third-order valence-electron chi connectivity index (χ3n) is 3.09. The lowest BCUT2D eigenvalue weighted by molar-refractivity contribution is 0.539. The molecule has 96 valence electrons. The van der Waals surface area contributed by atoms with Crippen LogP contribution in [-0.2, 0) is 7.05 Å². The fraction of sp³-hybridized carbons (Fsp3) is 0.308. The molecule has 0 fully saturated rings. The van der Waals surface area contributed by atoms with Gasteiger partial charge in [0.05, 0.1) is 24.3 Å². The zero-order chi connectivity index (χ0) is 13.3. The number of hydrazine groups is 1. The summed E-state index contributed by atoms with van der Waals surface area (Å²) < 4.78 is 16.0. The standard InChI is InChI=1S/C13H17FN4/c1-8-4-9(2)12(10(14)5-8)13(17-15)11-6-16-7-18(11)3/h4-7,13,17H,15H2,1-3H3. The third-order valence-corrected chi connectivity index (χ3v) is 3.09. The van der Waals surface area contributed by atoms with Crippen LogP contribution in [0.1, 0.15) is 28.4 Å². The fourth-order valence-electron chi connectivity index (χ4n) is 2.25. The van der Waals surface area contributed by atoms with Gasteiger partial charge in [-0.2, -0.15) is 0 Å². The van der Waals surface area contributed by atoms with Crippen molar-refractivity contribution < 1.29 is 4.39 Å². The molecule has 1 heterocycles. The van der Waals surface area contributed by atoms with Crippen LogP contribution in [0.3, 0.4) is 0 Å². The van der Waals surface area contributed by atoms with Gasteiger partial charge in [0.25, 0.3) is 0 Å². The first kappa shape index (κ1) is 12.7. The average Bonchev–Trinajstić information content (AvgIpc) is 2.69. The Labute approximate surface area is 106 Å². The van der Waals surface area contributed by atoms with Crippen molar-refractivity contribution in [3.05, 3.63) is 52.9 Å². The number of hydrogen-bond acceptors (Lipinski definition) is 3. The van der Waals surface area contributed by atoms with Crippen LogP contribution in [0.25, 0.3) is 0 Å². The summed E-state index contributed by atoms with van der Waals surface area (Å²) in [6, 6.07) is 3.06. The molecule has 2 rings (SSSR count). The first-order valence-electron chi connectivity index (χ1n) is 5.73. The lowest BCUT2D eigenvalue weighted by Crippen LogP contribution is -2.31. The molecule has 0 radical (unpaired) electrons. The molecule has 1 unspecified atom stereocenters. The summed E-state index contributed by atoms with van der Waals surface area (Å²) >= 11 is 0. The zero-order valence-electron chi connectivity index (χ0n) is 10.7. The van der Waals surface area contributed by atoms with Gasteiger partial charge in [0.2, 0.25) is 0 Å². The molecule has 1 aromatic carbocycles. The SMILES string of the molecule is Cc1cc(C)c(C(NN)c2cncn2C)c(F)c1. The van der Waals surface area contributed by atoms with E-state index < -0.39 is 6.04 Å². The monoisotopic (exact) mass is 248 g/mol. The molecule has 0 spiro atoms. The molecule has 3 N–H and O–H groups in total. The first-order chi connectivity index (χ1) is 8.54. The van der Waals surface area contributed by atoms with Crippen LogP contribution in [0.5, 0.6) is 0 Å². The number of imidazole rings is 1. The van der Waals surface area contributed by atoms with Crippen molar-refractivity contribution >= 4 is 0 Å². The minimum Gasteiger partial charge on any atom is -0.336 e. The lowest BCUT2D eigenvalue weighted by Gasteiger charge is -2.20. The van der Waals surface area contributed by atoms with Crippen LogP contribution in [0.4, 0.5) is 4.39 Å². The van der Waals surface area contributed by atoms with Crippen LogP contribution >= 0.6 is 0 Å². The van der Waals surface area contributed by atoms with E-state index >= 15 is 0 Å².